The third kappa shape index (κ3) is 0.956. The molecule has 1 aromatic rings. The number of alkyl halides is 1. The van der Waals surface area contributed by atoms with Crippen LogP contribution in [0.3, 0.4) is 0 Å². The van der Waals surface area contributed by atoms with Gasteiger partial charge in [0.15, 0.2) is 23.0 Å². The van der Waals surface area contributed by atoms with Crippen LogP contribution < -0.4 is 14.0 Å². The molecule has 0 radical (unpaired) electrons. The third-order valence-corrected chi connectivity index (χ3v) is 2.60. The Morgan fingerprint density at radius 2 is 1.69 bits per heavy atom. The van der Waals surface area contributed by atoms with Crippen molar-refractivity contribution in [2.45, 2.75) is 0 Å². The lowest BCUT2D eigenvalue weighted by Gasteiger charge is -2.17. The second-order valence-corrected chi connectivity index (χ2v) is 3.53. The van der Waals surface area contributed by atoms with Crippen LogP contribution in [0.1, 0.15) is 10.4 Å². The minimum absolute atomic E-state index is 0.00551. The third-order valence-electron chi connectivity index (χ3n) is 2.36. The quantitative estimate of drug-likeness (QED) is 0.343. The molecule has 0 aliphatic carbocycles. The highest BCUT2D eigenvalue weighted by atomic mass is 35.5. The number of rotatable bonds is 2. The Morgan fingerprint density at radius 3 is 2.38 bits per heavy atom. The maximum Gasteiger partial charge on any atom is 0.864 e. The molecule has 6 nitrogen and oxygen atoms in total. The monoisotopic (exact) mass is 242 g/mol. The van der Waals surface area contributed by atoms with Crippen LogP contribution in [-0.4, -0.2) is 29.2 Å². The highest BCUT2D eigenvalue weighted by molar-refractivity contribution is 6.44. The van der Waals surface area contributed by atoms with E-state index in [1.54, 1.807) is 0 Å². The molecular weight excluding hydrogens is 238 g/mol. The summed E-state index contributed by atoms with van der Waals surface area (Å²) in [6.07, 6.45) is 0. The van der Waals surface area contributed by atoms with Crippen molar-refractivity contribution in [3.8, 4) is 28.7 Å². The highest BCUT2D eigenvalue weighted by Crippen LogP contribution is 2.58. The minimum atomic E-state index is -1.07. The number of hydrogen-bond acceptors (Lipinski definition) is 6. The Morgan fingerprint density at radius 1 is 1.12 bits per heavy atom. The van der Waals surface area contributed by atoms with Gasteiger partial charge in [0.1, 0.15) is 5.56 Å². The van der Waals surface area contributed by atoms with E-state index in [0.29, 0.717) is 0 Å². The van der Waals surface area contributed by atoms with Gasteiger partial charge < -0.3 is 24.2 Å². The number of hydrogen-bond donors (Lipinski definition) is 2. The number of fused-ring (bicyclic) bond motifs is 2. The molecule has 0 saturated heterocycles. The van der Waals surface area contributed by atoms with Gasteiger partial charge in [-0.2, -0.15) is 0 Å². The van der Waals surface area contributed by atoms with E-state index in [1.807, 2.05) is 0 Å². The Labute approximate surface area is 94.5 Å². The summed E-state index contributed by atoms with van der Waals surface area (Å²) in [4.78, 5) is 11.5. The van der Waals surface area contributed by atoms with Gasteiger partial charge in [0.2, 0.25) is 11.5 Å². The maximum atomic E-state index is 11.5. The first-order chi connectivity index (χ1) is 7.63. The summed E-state index contributed by atoms with van der Waals surface area (Å²) < 4.78 is 15.1. The Balaban J connectivity index is 2.34. The van der Waals surface area contributed by atoms with E-state index in [9.17, 15) is 15.0 Å². The van der Waals surface area contributed by atoms with Crippen LogP contribution in [0.2, 0.25) is 0 Å². The Bertz CT molecular complexity index is 512. The van der Waals surface area contributed by atoms with Crippen molar-refractivity contribution in [1.29, 1.82) is 0 Å². The van der Waals surface area contributed by atoms with Gasteiger partial charge in [-0.15, -0.1) is 11.6 Å². The molecule has 0 fully saturated rings. The molecule has 2 heterocycles. The Kier molecular flexibility index (Phi) is 1.71. The van der Waals surface area contributed by atoms with Gasteiger partial charge in [-0.1, -0.05) is 0 Å². The average molecular weight is 242 g/mol. The summed E-state index contributed by atoms with van der Waals surface area (Å²) >= 11 is 5.42. The average Bonchev–Trinajstić information content (AvgIpc) is 2.58. The van der Waals surface area contributed by atoms with Gasteiger partial charge in [-0.05, 0) is 0 Å². The van der Waals surface area contributed by atoms with Crippen LogP contribution in [0.5, 0.6) is 28.7 Å². The van der Waals surface area contributed by atoms with E-state index in [2.05, 4.69) is 0 Å². The number of ketones is 1. The van der Waals surface area contributed by atoms with Crippen molar-refractivity contribution in [3.63, 3.8) is 0 Å². The number of carbonyl (C=O) groups excluding carboxylic acids is 1. The van der Waals surface area contributed by atoms with E-state index in [-0.39, 0.29) is 28.7 Å². The van der Waals surface area contributed by atoms with Crippen LogP contribution in [0, 0.1) is 0 Å². The molecule has 3 bridgehead atoms. The van der Waals surface area contributed by atoms with Crippen molar-refractivity contribution < 1.29 is 29.0 Å². The standard InChI is InChI=1S/C8H4BClO6/c10-1-2(11)3-6-4(12)5(13)8-7(3)15-9(14-6)16-8/h12-13H,1H2. The zero-order chi connectivity index (χ0) is 11.4. The van der Waals surface area contributed by atoms with Crippen LogP contribution in [0.15, 0.2) is 0 Å². The maximum absolute atomic E-state index is 11.5. The molecule has 0 spiro atoms. The van der Waals surface area contributed by atoms with E-state index in [4.69, 9.17) is 25.6 Å². The summed E-state index contributed by atoms with van der Waals surface area (Å²) in [6.45, 7) is 0. The van der Waals surface area contributed by atoms with Crippen LogP contribution in [-0.2, 0) is 0 Å². The number of halogens is 1. The van der Waals surface area contributed by atoms with Gasteiger partial charge in [-0.3, -0.25) is 4.79 Å². The molecule has 0 aromatic heterocycles. The molecule has 3 rings (SSSR count). The van der Waals surface area contributed by atoms with Crippen LogP contribution in [0.25, 0.3) is 0 Å². The minimum Gasteiger partial charge on any atom is -0.502 e. The van der Waals surface area contributed by atoms with Gasteiger partial charge in [0, 0.05) is 0 Å². The van der Waals surface area contributed by atoms with E-state index >= 15 is 0 Å². The van der Waals surface area contributed by atoms with Crippen molar-refractivity contribution in [2.75, 3.05) is 5.88 Å². The van der Waals surface area contributed by atoms with Crippen molar-refractivity contribution in [2.24, 2.45) is 0 Å². The topological polar surface area (TPSA) is 85.2 Å². The van der Waals surface area contributed by atoms with Crippen LogP contribution >= 0.6 is 11.6 Å². The molecule has 0 atom stereocenters. The number of Topliss-reactive ketones (excluding diaryl/α,β-unsaturated/α-hetero) is 1. The van der Waals surface area contributed by atoms with Gasteiger partial charge in [0.25, 0.3) is 0 Å². The SMILES string of the molecule is O=C(CCl)c1c2c(O)c(O)c3c1OB(O3)O2. The zero-order valence-electron chi connectivity index (χ0n) is 7.69. The Hall–Kier alpha value is -1.76. The molecule has 2 N–H and O–H groups in total. The number of phenols is 2. The molecular formula is C8H4BClO6. The fraction of sp³-hybridized carbons (Fsp3) is 0.125. The van der Waals surface area contributed by atoms with E-state index in [0.717, 1.165) is 0 Å². The molecule has 0 unspecified atom stereocenters. The number of phenolic OH excluding ortho intramolecular Hbond substituents is 2. The first kappa shape index (κ1) is 9.47. The fourth-order valence-electron chi connectivity index (χ4n) is 1.68. The number of aromatic hydroxyl groups is 2. The van der Waals surface area contributed by atoms with Crippen molar-refractivity contribution in [1.82, 2.24) is 0 Å². The highest BCUT2D eigenvalue weighted by Gasteiger charge is 2.50. The molecule has 0 amide bonds. The molecule has 8 heteroatoms. The van der Waals surface area contributed by atoms with E-state index < -0.39 is 24.6 Å². The van der Waals surface area contributed by atoms with Gasteiger partial charge in [-0.25, -0.2) is 0 Å². The second kappa shape index (κ2) is 2.88. The normalized spacial score (nSPS) is 14.4. The zero-order valence-corrected chi connectivity index (χ0v) is 8.45. The summed E-state index contributed by atoms with van der Waals surface area (Å²) in [5.74, 6) is -2.01. The second-order valence-electron chi connectivity index (χ2n) is 3.26. The molecule has 16 heavy (non-hydrogen) atoms. The van der Waals surface area contributed by atoms with Crippen LogP contribution in [0.4, 0.5) is 0 Å². The van der Waals surface area contributed by atoms with Crippen molar-refractivity contribution >= 4 is 24.7 Å². The summed E-state index contributed by atoms with van der Waals surface area (Å²) in [5.41, 5.74) is -0.00551. The molecule has 82 valence electrons. The first-order valence-corrected chi connectivity index (χ1v) is 4.88. The summed E-state index contributed by atoms with van der Waals surface area (Å²) in [7, 11) is -1.07. The largest absolute Gasteiger partial charge is 0.864 e. The lowest BCUT2D eigenvalue weighted by Crippen LogP contribution is -2.34. The predicted molar refractivity (Wildman–Crippen MR) is 52.5 cm³/mol. The van der Waals surface area contributed by atoms with Gasteiger partial charge >= 0.3 is 7.32 Å². The summed E-state index contributed by atoms with van der Waals surface area (Å²) in [6, 6.07) is 0. The predicted octanol–water partition coefficient (Wildman–Crippen LogP) is 0.668. The molecule has 0 saturated carbocycles. The van der Waals surface area contributed by atoms with Gasteiger partial charge in [0.05, 0.1) is 5.88 Å². The number of carbonyl (C=O) groups is 1. The molecule has 2 aliphatic rings. The smallest absolute Gasteiger partial charge is 0.502 e. The molecule has 1 aromatic carbocycles. The number of benzene rings is 1. The lowest BCUT2D eigenvalue weighted by atomic mass is 10.0. The fourth-order valence-corrected chi connectivity index (χ4v) is 1.81. The summed E-state index contributed by atoms with van der Waals surface area (Å²) in [5, 5.41) is 19.1. The first-order valence-electron chi connectivity index (χ1n) is 4.34. The van der Waals surface area contributed by atoms with E-state index in [1.165, 1.54) is 0 Å². The molecule has 2 aliphatic heterocycles. The van der Waals surface area contributed by atoms with Crippen molar-refractivity contribution in [3.05, 3.63) is 5.56 Å². The lowest BCUT2D eigenvalue weighted by molar-refractivity contribution is 0.101.